The highest BCUT2D eigenvalue weighted by atomic mass is 16.5. The molecular formula is C24H24N4O2. The highest BCUT2D eigenvalue weighted by Gasteiger charge is 2.15. The number of aromatic nitrogens is 2. The van der Waals surface area contributed by atoms with Crippen LogP contribution in [0.25, 0.3) is 17.3 Å². The molecule has 1 amide bonds. The molecule has 1 heterocycles. The zero-order chi connectivity index (χ0) is 21.5. The molecule has 0 atom stereocenters. The summed E-state index contributed by atoms with van der Waals surface area (Å²) in [7, 11) is 1.62. The van der Waals surface area contributed by atoms with E-state index in [0.717, 1.165) is 16.9 Å². The van der Waals surface area contributed by atoms with Crippen LogP contribution in [0.4, 0.5) is 0 Å². The van der Waals surface area contributed by atoms with Gasteiger partial charge in [-0.3, -0.25) is 9.48 Å². The number of methoxy groups -OCH3 is 1. The second-order valence-corrected chi connectivity index (χ2v) is 7.14. The van der Waals surface area contributed by atoms with Crippen molar-refractivity contribution in [2.75, 3.05) is 7.11 Å². The molecule has 0 saturated heterocycles. The van der Waals surface area contributed by atoms with E-state index in [1.54, 1.807) is 13.2 Å². The monoisotopic (exact) mass is 400 g/mol. The molecule has 3 rings (SSSR count). The number of benzene rings is 2. The lowest BCUT2D eigenvalue weighted by Gasteiger charge is -2.07. The van der Waals surface area contributed by atoms with Crippen molar-refractivity contribution in [3.05, 3.63) is 77.5 Å². The average molecular weight is 400 g/mol. The number of hydrogen-bond acceptors (Lipinski definition) is 4. The van der Waals surface area contributed by atoms with Crippen LogP contribution in [0.1, 0.15) is 25.0 Å². The van der Waals surface area contributed by atoms with Gasteiger partial charge in [0.15, 0.2) is 0 Å². The van der Waals surface area contributed by atoms with E-state index in [2.05, 4.69) is 5.32 Å². The van der Waals surface area contributed by atoms with Crippen molar-refractivity contribution >= 4 is 12.0 Å². The Balaban J connectivity index is 2.03. The van der Waals surface area contributed by atoms with E-state index in [4.69, 9.17) is 9.84 Å². The SMILES string of the molecule is COc1ccc(-c2nn(Cc3ccccc3)cc2/C=C(\C#N)C(=O)NC(C)C)cc1. The summed E-state index contributed by atoms with van der Waals surface area (Å²) in [6.07, 6.45) is 3.44. The van der Waals surface area contributed by atoms with E-state index in [1.807, 2.05) is 85.4 Å². The first kappa shape index (κ1) is 20.9. The molecule has 0 fully saturated rings. The molecule has 0 unspecified atom stereocenters. The Labute approximate surface area is 176 Å². The van der Waals surface area contributed by atoms with Crippen molar-refractivity contribution in [2.45, 2.75) is 26.4 Å². The lowest BCUT2D eigenvalue weighted by Crippen LogP contribution is -2.30. The van der Waals surface area contributed by atoms with Gasteiger partial charge in [-0.15, -0.1) is 0 Å². The maximum Gasteiger partial charge on any atom is 0.262 e. The summed E-state index contributed by atoms with van der Waals surface area (Å²) in [5, 5.41) is 17.0. The van der Waals surface area contributed by atoms with Crippen LogP contribution in [-0.4, -0.2) is 28.8 Å². The Morgan fingerprint density at radius 3 is 2.50 bits per heavy atom. The van der Waals surface area contributed by atoms with E-state index >= 15 is 0 Å². The molecule has 0 aliphatic heterocycles. The molecule has 0 bridgehead atoms. The molecule has 3 aromatic rings. The van der Waals surface area contributed by atoms with Gasteiger partial charge in [0.1, 0.15) is 17.4 Å². The fourth-order valence-corrected chi connectivity index (χ4v) is 3.01. The van der Waals surface area contributed by atoms with Crippen molar-refractivity contribution in [3.63, 3.8) is 0 Å². The quantitative estimate of drug-likeness (QED) is 0.479. The Hall–Kier alpha value is -3.85. The van der Waals surface area contributed by atoms with Gasteiger partial charge in [0, 0.05) is 23.4 Å². The van der Waals surface area contributed by atoms with E-state index in [0.29, 0.717) is 17.8 Å². The van der Waals surface area contributed by atoms with Crippen molar-refractivity contribution in [1.82, 2.24) is 15.1 Å². The minimum atomic E-state index is -0.399. The lowest BCUT2D eigenvalue weighted by molar-refractivity contribution is -0.117. The maximum absolute atomic E-state index is 12.4. The predicted molar refractivity (Wildman–Crippen MR) is 117 cm³/mol. The first-order chi connectivity index (χ1) is 14.5. The predicted octanol–water partition coefficient (Wildman–Crippen LogP) is 4.04. The number of nitrogens with one attached hydrogen (secondary N) is 1. The summed E-state index contributed by atoms with van der Waals surface area (Å²) in [6.45, 7) is 4.29. The molecule has 6 nitrogen and oxygen atoms in total. The molecule has 6 heteroatoms. The third-order valence-electron chi connectivity index (χ3n) is 4.43. The van der Waals surface area contributed by atoms with E-state index < -0.39 is 5.91 Å². The highest BCUT2D eigenvalue weighted by molar-refractivity contribution is 6.02. The Morgan fingerprint density at radius 1 is 1.20 bits per heavy atom. The number of nitrogens with zero attached hydrogens (tertiary/aromatic N) is 3. The van der Waals surface area contributed by atoms with Crippen LogP contribution < -0.4 is 10.1 Å². The smallest absolute Gasteiger partial charge is 0.262 e. The zero-order valence-electron chi connectivity index (χ0n) is 17.3. The summed E-state index contributed by atoms with van der Waals surface area (Å²) in [5.41, 5.74) is 3.41. The third-order valence-corrected chi connectivity index (χ3v) is 4.43. The van der Waals surface area contributed by atoms with Crippen molar-refractivity contribution in [2.24, 2.45) is 0 Å². The first-order valence-electron chi connectivity index (χ1n) is 9.68. The standard InChI is InChI=1S/C24H24N4O2/c1-17(2)26-24(29)20(14-25)13-21-16-28(15-18-7-5-4-6-8-18)27-23(21)19-9-11-22(30-3)12-10-19/h4-13,16-17H,15H2,1-3H3,(H,26,29)/b20-13+. The normalized spacial score (nSPS) is 11.2. The Kier molecular flexibility index (Phi) is 6.66. The third kappa shape index (κ3) is 5.15. The molecule has 0 spiro atoms. The van der Waals surface area contributed by atoms with Gasteiger partial charge in [-0.2, -0.15) is 10.4 Å². The topological polar surface area (TPSA) is 79.9 Å². The van der Waals surface area contributed by atoms with Crippen molar-refractivity contribution in [3.8, 4) is 23.1 Å². The Bertz CT molecular complexity index is 1070. The van der Waals surface area contributed by atoms with Gasteiger partial charge in [0.05, 0.1) is 19.3 Å². The van der Waals surface area contributed by atoms with E-state index in [-0.39, 0.29) is 11.6 Å². The molecule has 0 radical (unpaired) electrons. The van der Waals surface area contributed by atoms with Crippen LogP contribution in [0.5, 0.6) is 5.75 Å². The molecule has 2 aromatic carbocycles. The molecule has 1 aromatic heterocycles. The number of ether oxygens (including phenoxy) is 1. The zero-order valence-corrected chi connectivity index (χ0v) is 17.3. The molecular weight excluding hydrogens is 376 g/mol. The van der Waals surface area contributed by atoms with Crippen LogP contribution >= 0.6 is 0 Å². The van der Waals surface area contributed by atoms with Crippen LogP contribution in [0.15, 0.2) is 66.4 Å². The largest absolute Gasteiger partial charge is 0.497 e. The molecule has 0 aliphatic carbocycles. The van der Waals surface area contributed by atoms with Crippen LogP contribution in [0.3, 0.4) is 0 Å². The van der Waals surface area contributed by atoms with Gasteiger partial charge in [0.2, 0.25) is 0 Å². The summed E-state index contributed by atoms with van der Waals surface area (Å²) in [4.78, 5) is 12.4. The first-order valence-corrected chi connectivity index (χ1v) is 9.68. The van der Waals surface area contributed by atoms with Crippen molar-refractivity contribution < 1.29 is 9.53 Å². The fourth-order valence-electron chi connectivity index (χ4n) is 3.01. The van der Waals surface area contributed by atoms with E-state index in [9.17, 15) is 10.1 Å². The number of nitriles is 1. The van der Waals surface area contributed by atoms with Gasteiger partial charge >= 0.3 is 0 Å². The second-order valence-electron chi connectivity index (χ2n) is 7.14. The van der Waals surface area contributed by atoms with Crippen LogP contribution in [0, 0.1) is 11.3 Å². The maximum atomic E-state index is 12.4. The average Bonchev–Trinajstić information content (AvgIpc) is 3.14. The van der Waals surface area contributed by atoms with Gasteiger partial charge in [-0.05, 0) is 49.8 Å². The molecule has 0 aliphatic rings. The number of hydrogen-bond donors (Lipinski definition) is 1. The molecule has 0 saturated carbocycles. The summed E-state index contributed by atoms with van der Waals surface area (Å²) < 4.78 is 7.05. The highest BCUT2D eigenvalue weighted by Crippen LogP contribution is 2.26. The number of carbonyl (C=O) groups excluding carboxylic acids is 1. The second kappa shape index (κ2) is 9.57. The van der Waals surface area contributed by atoms with Crippen LogP contribution in [0.2, 0.25) is 0 Å². The number of carbonyl (C=O) groups is 1. The van der Waals surface area contributed by atoms with Gasteiger partial charge in [-0.25, -0.2) is 0 Å². The van der Waals surface area contributed by atoms with Gasteiger partial charge < -0.3 is 10.1 Å². The summed E-state index contributed by atoms with van der Waals surface area (Å²) >= 11 is 0. The van der Waals surface area contributed by atoms with E-state index in [1.165, 1.54) is 0 Å². The van der Waals surface area contributed by atoms with Gasteiger partial charge in [0.25, 0.3) is 5.91 Å². The number of amides is 1. The van der Waals surface area contributed by atoms with Gasteiger partial charge in [-0.1, -0.05) is 30.3 Å². The molecule has 152 valence electrons. The van der Waals surface area contributed by atoms with Crippen LogP contribution in [-0.2, 0) is 11.3 Å². The minimum absolute atomic E-state index is 0.0396. The Morgan fingerprint density at radius 2 is 1.90 bits per heavy atom. The summed E-state index contributed by atoms with van der Waals surface area (Å²) in [5.74, 6) is 0.345. The fraction of sp³-hybridized carbons (Fsp3) is 0.208. The summed E-state index contributed by atoms with van der Waals surface area (Å²) in [6, 6.07) is 19.5. The molecule has 30 heavy (non-hydrogen) atoms. The minimum Gasteiger partial charge on any atom is -0.497 e. The van der Waals surface area contributed by atoms with Crippen molar-refractivity contribution in [1.29, 1.82) is 5.26 Å². The molecule has 1 N–H and O–H groups in total. The lowest BCUT2D eigenvalue weighted by atomic mass is 10.1. The number of rotatable bonds is 7.